The highest BCUT2D eigenvalue weighted by molar-refractivity contribution is 7.98. The first-order valence-corrected chi connectivity index (χ1v) is 11.9. The number of oxazole rings is 1. The molecular formula is C25H29FN4OS. The van der Waals surface area contributed by atoms with E-state index < -0.39 is 0 Å². The first-order valence-electron chi connectivity index (χ1n) is 11.2. The zero-order chi connectivity index (χ0) is 22.1. The highest BCUT2D eigenvalue weighted by Crippen LogP contribution is 2.46. The van der Waals surface area contributed by atoms with Crippen LogP contribution in [0.4, 0.5) is 10.1 Å². The van der Waals surface area contributed by atoms with Crippen LogP contribution in [0.1, 0.15) is 36.8 Å². The smallest absolute Gasteiger partial charge is 0.181 e. The molecule has 0 aliphatic carbocycles. The molecule has 0 saturated carbocycles. The quantitative estimate of drug-likeness (QED) is 0.499. The molecule has 5 nitrogen and oxygen atoms in total. The van der Waals surface area contributed by atoms with Gasteiger partial charge in [-0.15, -0.1) is 0 Å². The van der Waals surface area contributed by atoms with Crippen molar-refractivity contribution in [3.8, 4) is 0 Å². The van der Waals surface area contributed by atoms with E-state index in [1.807, 2.05) is 12.1 Å². The van der Waals surface area contributed by atoms with Crippen molar-refractivity contribution < 1.29 is 8.81 Å². The number of aromatic nitrogens is 1. The van der Waals surface area contributed by atoms with Crippen molar-refractivity contribution >= 4 is 17.8 Å². The van der Waals surface area contributed by atoms with Crippen LogP contribution in [0.15, 0.2) is 65.4 Å². The van der Waals surface area contributed by atoms with Gasteiger partial charge < -0.3 is 4.42 Å². The fourth-order valence-electron chi connectivity index (χ4n) is 5.11. The number of rotatable bonds is 5. The molecule has 2 fully saturated rings. The van der Waals surface area contributed by atoms with Gasteiger partial charge in [-0.05, 0) is 50.6 Å². The van der Waals surface area contributed by atoms with Crippen LogP contribution in [0.25, 0.3) is 0 Å². The highest BCUT2D eigenvalue weighted by Gasteiger charge is 2.49. The van der Waals surface area contributed by atoms with Crippen LogP contribution in [0.2, 0.25) is 0 Å². The summed E-state index contributed by atoms with van der Waals surface area (Å²) in [5.74, 6) is 0.761. The summed E-state index contributed by atoms with van der Waals surface area (Å²) in [6, 6.07) is 17.7. The van der Waals surface area contributed by atoms with E-state index >= 15 is 0 Å². The Morgan fingerprint density at radius 3 is 2.81 bits per heavy atom. The van der Waals surface area contributed by atoms with Crippen LogP contribution in [0.3, 0.4) is 0 Å². The van der Waals surface area contributed by atoms with Gasteiger partial charge in [0.25, 0.3) is 0 Å². The Labute approximate surface area is 193 Å². The molecule has 1 spiro atoms. The average molecular weight is 453 g/mol. The molecule has 0 radical (unpaired) electrons. The van der Waals surface area contributed by atoms with Crippen molar-refractivity contribution in [2.75, 3.05) is 24.4 Å². The standard InChI is InChI=1S/C25H29FN4OS/c1-19-15-25(17-28(2)32-30(25)22-10-6-9-21(26)14-22)11-12-29(19)16-23-24(31-18-27-23)13-20-7-4-3-5-8-20/h3-10,14,18-19H,11-13,15-17H2,1-2H3/t19-,25+/m0/s1. The van der Waals surface area contributed by atoms with Crippen molar-refractivity contribution in [1.82, 2.24) is 14.2 Å². The summed E-state index contributed by atoms with van der Waals surface area (Å²) >= 11 is 1.70. The summed E-state index contributed by atoms with van der Waals surface area (Å²) in [4.78, 5) is 7.05. The number of likely N-dealkylation sites (N-methyl/N-ethyl adjacent to an activating group) is 1. The van der Waals surface area contributed by atoms with Gasteiger partial charge in [0.1, 0.15) is 11.6 Å². The van der Waals surface area contributed by atoms with E-state index in [1.54, 1.807) is 30.7 Å². The van der Waals surface area contributed by atoms with Crippen molar-refractivity contribution in [1.29, 1.82) is 0 Å². The second-order valence-corrected chi connectivity index (χ2v) is 10.2. The minimum Gasteiger partial charge on any atom is -0.448 e. The third kappa shape index (κ3) is 4.29. The molecule has 2 aromatic carbocycles. The molecule has 2 saturated heterocycles. The maximum absolute atomic E-state index is 13.9. The molecule has 2 aliphatic rings. The maximum Gasteiger partial charge on any atom is 0.181 e. The third-order valence-electron chi connectivity index (χ3n) is 6.66. The Hall–Kier alpha value is -2.35. The molecule has 0 amide bonds. The number of halogens is 1. The Balaban J connectivity index is 1.30. The average Bonchev–Trinajstić information content (AvgIpc) is 3.34. The van der Waals surface area contributed by atoms with E-state index in [-0.39, 0.29) is 11.4 Å². The molecule has 3 aromatic rings. The highest BCUT2D eigenvalue weighted by atomic mass is 32.2. The van der Waals surface area contributed by atoms with Crippen LogP contribution in [-0.4, -0.2) is 45.9 Å². The number of hydrogen-bond acceptors (Lipinski definition) is 6. The van der Waals surface area contributed by atoms with Crippen LogP contribution in [0.5, 0.6) is 0 Å². The predicted octanol–water partition coefficient (Wildman–Crippen LogP) is 5.14. The Kier molecular flexibility index (Phi) is 5.97. The van der Waals surface area contributed by atoms with E-state index in [1.165, 1.54) is 11.6 Å². The van der Waals surface area contributed by atoms with Crippen molar-refractivity contribution in [2.24, 2.45) is 0 Å². The summed E-state index contributed by atoms with van der Waals surface area (Å²) in [6.45, 7) is 5.03. The van der Waals surface area contributed by atoms with E-state index in [2.05, 4.69) is 56.7 Å². The van der Waals surface area contributed by atoms with Crippen LogP contribution >= 0.6 is 12.1 Å². The normalized spacial score (nSPS) is 24.5. The summed E-state index contributed by atoms with van der Waals surface area (Å²) in [5, 5.41) is 0. The predicted molar refractivity (Wildman–Crippen MR) is 127 cm³/mol. The third-order valence-corrected chi connectivity index (χ3v) is 7.83. The summed E-state index contributed by atoms with van der Waals surface area (Å²) in [6.07, 6.45) is 4.37. The van der Waals surface area contributed by atoms with E-state index in [0.29, 0.717) is 6.04 Å². The second kappa shape index (κ2) is 8.89. The number of benzene rings is 2. The van der Waals surface area contributed by atoms with Crippen molar-refractivity contribution in [3.05, 3.63) is 83.8 Å². The zero-order valence-corrected chi connectivity index (χ0v) is 19.4. The minimum absolute atomic E-state index is 0.000179. The van der Waals surface area contributed by atoms with Gasteiger partial charge in [0.2, 0.25) is 0 Å². The number of nitrogens with zero attached hydrogens (tertiary/aromatic N) is 4. The van der Waals surface area contributed by atoms with E-state index in [4.69, 9.17) is 4.42 Å². The molecule has 2 aliphatic heterocycles. The van der Waals surface area contributed by atoms with Gasteiger partial charge in [-0.3, -0.25) is 9.21 Å². The second-order valence-electron chi connectivity index (χ2n) is 9.02. The SMILES string of the molecule is C[C@H]1C[C@]2(CCN1Cc1ncoc1Cc1ccccc1)CN(C)SN2c1cccc(F)c1. The number of anilines is 1. The Bertz CT molecular complexity index is 1060. The molecule has 1 aromatic heterocycles. The van der Waals surface area contributed by atoms with Crippen LogP contribution < -0.4 is 4.31 Å². The fraction of sp³-hybridized carbons (Fsp3) is 0.400. The summed E-state index contributed by atoms with van der Waals surface area (Å²) in [5.41, 5.74) is 3.20. The Morgan fingerprint density at radius 1 is 1.19 bits per heavy atom. The molecule has 32 heavy (non-hydrogen) atoms. The van der Waals surface area contributed by atoms with Gasteiger partial charge in [-0.1, -0.05) is 36.4 Å². The molecule has 3 heterocycles. The molecule has 7 heteroatoms. The number of hydrogen-bond donors (Lipinski definition) is 0. The maximum atomic E-state index is 13.9. The molecular weight excluding hydrogens is 423 g/mol. The summed E-state index contributed by atoms with van der Waals surface area (Å²) < 4.78 is 24.3. The molecule has 168 valence electrons. The van der Waals surface area contributed by atoms with Gasteiger partial charge in [-0.2, -0.15) is 0 Å². The van der Waals surface area contributed by atoms with Gasteiger partial charge in [-0.25, -0.2) is 13.7 Å². The molecule has 0 N–H and O–H groups in total. The Morgan fingerprint density at radius 2 is 2.03 bits per heavy atom. The lowest BCUT2D eigenvalue weighted by atomic mass is 9.82. The molecule has 5 rings (SSSR count). The lowest BCUT2D eigenvalue weighted by Crippen LogP contribution is -2.56. The van der Waals surface area contributed by atoms with E-state index in [0.717, 1.165) is 56.0 Å². The molecule has 0 bridgehead atoms. The van der Waals surface area contributed by atoms with Crippen molar-refractivity contribution in [3.63, 3.8) is 0 Å². The molecule has 2 atom stereocenters. The number of likely N-dealkylation sites (tertiary alicyclic amines) is 1. The molecule has 0 unspecified atom stereocenters. The van der Waals surface area contributed by atoms with Gasteiger partial charge >= 0.3 is 0 Å². The number of piperidine rings is 1. The summed E-state index contributed by atoms with van der Waals surface area (Å²) in [7, 11) is 2.12. The zero-order valence-electron chi connectivity index (χ0n) is 18.6. The van der Waals surface area contributed by atoms with Crippen LogP contribution in [0, 0.1) is 5.82 Å². The minimum atomic E-state index is -0.185. The lowest BCUT2D eigenvalue weighted by Gasteiger charge is -2.47. The van der Waals surface area contributed by atoms with Gasteiger partial charge in [0, 0.05) is 44.2 Å². The van der Waals surface area contributed by atoms with E-state index in [9.17, 15) is 4.39 Å². The van der Waals surface area contributed by atoms with Gasteiger partial charge in [0.15, 0.2) is 6.39 Å². The largest absolute Gasteiger partial charge is 0.448 e. The monoisotopic (exact) mass is 452 g/mol. The first kappa shape index (κ1) is 21.5. The topological polar surface area (TPSA) is 35.8 Å². The lowest BCUT2D eigenvalue weighted by molar-refractivity contribution is 0.0989. The van der Waals surface area contributed by atoms with Crippen LogP contribution in [-0.2, 0) is 13.0 Å². The fourth-order valence-corrected chi connectivity index (χ4v) is 6.29. The van der Waals surface area contributed by atoms with Gasteiger partial charge in [0.05, 0.1) is 16.9 Å². The first-order chi connectivity index (χ1) is 15.5. The van der Waals surface area contributed by atoms with Crippen molar-refractivity contribution in [2.45, 2.75) is 44.3 Å².